The normalized spacial score (nSPS) is 19.1. The molecule has 2 heterocycles. The smallest absolute Gasteiger partial charge is 0.274 e. The number of hydrogen-bond donors (Lipinski definition) is 1. The first kappa shape index (κ1) is 29.5. The summed E-state index contributed by atoms with van der Waals surface area (Å²) in [7, 11) is 3.35. The minimum atomic E-state index is -0.662. The number of aromatic amines is 1. The molecule has 0 fully saturated rings. The highest BCUT2D eigenvalue weighted by molar-refractivity contribution is 6.31. The molecule has 1 aliphatic heterocycles. The number of ether oxygens (including phenoxy) is 1. The molecule has 2 aromatic rings. The van der Waals surface area contributed by atoms with Crippen LogP contribution in [-0.2, 0) is 10.2 Å². The van der Waals surface area contributed by atoms with Crippen molar-refractivity contribution in [1.82, 2.24) is 24.9 Å². The third-order valence-corrected chi connectivity index (χ3v) is 7.19. The van der Waals surface area contributed by atoms with E-state index < -0.39 is 6.04 Å². The Kier molecular flexibility index (Phi) is 9.82. The second kappa shape index (κ2) is 12.7. The van der Waals surface area contributed by atoms with Crippen LogP contribution in [0, 0.1) is 0 Å². The first-order chi connectivity index (χ1) is 17.9. The van der Waals surface area contributed by atoms with Gasteiger partial charge in [0.15, 0.2) is 0 Å². The van der Waals surface area contributed by atoms with E-state index >= 15 is 0 Å². The van der Waals surface area contributed by atoms with Crippen molar-refractivity contribution in [3.63, 3.8) is 0 Å². The number of amides is 3. The number of carbonyl (C=O) groups excluding carboxylic acids is 3. The lowest BCUT2D eigenvalue weighted by Gasteiger charge is -2.29. The fraction of sp³-hybridized carbons (Fsp3) is 0.571. The van der Waals surface area contributed by atoms with Crippen molar-refractivity contribution in [2.24, 2.45) is 0 Å². The number of rotatable bonds is 1. The van der Waals surface area contributed by atoms with E-state index in [1.54, 1.807) is 44.1 Å². The van der Waals surface area contributed by atoms with Crippen LogP contribution in [0.15, 0.2) is 24.3 Å². The summed E-state index contributed by atoms with van der Waals surface area (Å²) in [5.74, 6) is -0.177. The Bertz CT molecular complexity index is 1140. The molecule has 1 N–H and O–H groups in total. The Morgan fingerprint density at radius 1 is 1.05 bits per heavy atom. The number of aromatic nitrogens is 2. The van der Waals surface area contributed by atoms with Gasteiger partial charge in [-0.2, -0.15) is 5.10 Å². The van der Waals surface area contributed by atoms with E-state index in [0.29, 0.717) is 54.7 Å². The molecule has 0 spiro atoms. The molecule has 1 aliphatic rings. The predicted molar refractivity (Wildman–Crippen MR) is 148 cm³/mol. The number of hydrogen-bond acceptors (Lipinski definition) is 5. The Morgan fingerprint density at radius 3 is 2.37 bits per heavy atom. The molecule has 0 saturated carbocycles. The highest BCUT2D eigenvalue weighted by atomic mass is 35.5. The van der Waals surface area contributed by atoms with E-state index in [1.807, 2.05) is 11.0 Å². The zero-order valence-corrected chi connectivity index (χ0v) is 24.1. The average molecular weight is 546 g/mol. The molecule has 1 atom stereocenters. The minimum Gasteiger partial charge on any atom is -0.493 e. The number of H-pyrrole nitrogens is 1. The van der Waals surface area contributed by atoms with E-state index in [0.717, 1.165) is 25.0 Å². The summed E-state index contributed by atoms with van der Waals surface area (Å²) < 4.78 is 5.97. The van der Waals surface area contributed by atoms with Gasteiger partial charge in [0.05, 0.1) is 12.2 Å². The van der Waals surface area contributed by atoms with Gasteiger partial charge < -0.3 is 19.4 Å². The molecule has 208 valence electrons. The van der Waals surface area contributed by atoms with E-state index in [9.17, 15) is 14.4 Å². The second-order valence-corrected chi connectivity index (χ2v) is 11.4. The van der Waals surface area contributed by atoms with Crippen LogP contribution < -0.4 is 4.74 Å². The zero-order valence-electron chi connectivity index (χ0n) is 23.3. The van der Waals surface area contributed by atoms with Gasteiger partial charge in [-0.15, -0.1) is 0 Å². The van der Waals surface area contributed by atoms with Crippen molar-refractivity contribution >= 4 is 29.3 Å². The monoisotopic (exact) mass is 545 g/mol. The molecule has 38 heavy (non-hydrogen) atoms. The summed E-state index contributed by atoms with van der Waals surface area (Å²) in [6, 6.07) is 6.09. The molecular formula is C28H40ClN5O4. The maximum absolute atomic E-state index is 13.3. The lowest BCUT2D eigenvalue weighted by Crippen LogP contribution is -2.47. The van der Waals surface area contributed by atoms with Crippen molar-refractivity contribution in [3.05, 3.63) is 46.2 Å². The molecule has 10 heteroatoms. The highest BCUT2D eigenvalue weighted by Crippen LogP contribution is 2.26. The third-order valence-electron chi connectivity index (χ3n) is 6.95. The molecule has 3 amide bonds. The molecule has 0 saturated heterocycles. The Labute approximate surface area is 230 Å². The molecule has 1 aromatic heterocycles. The van der Waals surface area contributed by atoms with Crippen LogP contribution in [0.3, 0.4) is 0 Å². The van der Waals surface area contributed by atoms with Gasteiger partial charge in [-0.1, -0.05) is 32.4 Å². The van der Waals surface area contributed by atoms with Crippen molar-refractivity contribution in [2.45, 2.75) is 64.8 Å². The van der Waals surface area contributed by atoms with Gasteiger partial charge >= 0.3 is 0 Å². The molecule has 0 unspecified atom stereocenters. The highest BCUT2D eigenvalue weighted by Gasteiger charge is 2.28. The first-order valence-electron chi connectivity index (χ1n) is 13.2. The molecule has 0 aliphatic carbocycles. The third kappa shape index (κ3) is 7.28. The molecule has 0 bridgehead atoms. The van der Waals surface area contributed by atoms with Crippen LogP contribution in [0.2, 0.25) is 5.02 Å². The van der Waals surface area contributed by atoms with Gasteiger partial charge in [-0.25, -0.2) is 0 Å². The molecule has 3 rings (SSSR count). The number of likely N-dealkylation sites (N-methyl/N-ethyl adjacent to an activating group) is 2. The number of nitrogens with one attached hydrogen (secondary N) is 1. The summed E-state index contributed by atoms with van der Waals surface area (Å²) in [5.41, 5.74) is 1.50. The van der Waals surface area contributed by atoms with Gasteiger partial charge in [0.25, 0.3) is 11.8 Å². The van der Waals surface area contributed by atoms with E-state index in [-0.39, 0.29) is 23.1 Å². The minimum absolute atomic E-state index is 0.110. The SMILES string of the molecule is C[C@H]1C(=O)N(C)CCCCN(C(=O)c2cc(C(C)(C)C)[nH]n2)CCCCOc2ccc(Cl)cc2C(=O)N1C. The van der Waals surface area contributed by atoms with Crippen molar-refractivity contribution in [3.8, 4) is 5.75 Å². The number of halogens is 1. The second-order valence-electron chi connectivity index (χ2n) is 11.0. The first-order valence-corrected chi connectivity index (χ1v) is 13.6. The van der Waals surface area contributed by atoms with Gasteiger partial charge in [0.1, 0.15) is 17.5 Å². The van der Waals surface area contributed by atoms with Gasteiger partial charge in [-0.05, 0) is 56.9 Å². The van der Waals surface area contributed by atoms with Gasteiger partial charge in [-0.3, -0.25) is 19.5 Å². The topological polar surface area (TPSA) is 98.8 Å². The van der Waals surface area contributed by atoms with Crippen LogP contribution in [0.5, 0.6) is 5.75 Å². The standard InChI is InChI=1S/C28H40ClN5O4/c1-19-25(35)32(5)13-7-8-14-34(27(37)22-18-24(31-30-22)28(2,3)4)15-9-10-16-38-23-12-11-20(29)17-21(23)26(36)33(19)6/h11-12,17-19H,7-10,13-16H2,1-6H3,(H,30,31)/t19-/m0/s1. The quantitative estimate of drug-likeness (QED) is 0.573. The van der Waals surface area contributed by atoms with Crippen LogP contribution in [0.1, 0.15) is 79.9 Å². The molecule has 0 radical (unpaired) electrons. The Morgan fingerprint density at radius 2 is 1.71 bits per heavy atom. The van der Waals surface area contributed by atoms with Crippen molar-refractivity contribution in [1.29, 1.82) is 0 Å². The summed E-state index contributed by atoms with van der Waals surface area (Å²) in [4.78, 5) is 44.6. The lowest BCUT2D eigenvalue weighted by molar-refractivity contribution is -0.133. The fourth-order valence-corrected chi connectivity index (χ4v) is 4.46. The number of fused-ring (bicyclic) bond motifs is 1. The molecule has 1 aromatic carbocycles. The summed E-state index contributed by atoms with van der Waals surface area (Å²) in [6.45, 7) is 9.94. The van der Waals surface area contributed by atoms with Crippen LogP contribution in [0.25, 0.3) is 0 Å². The molecule has 9 nitrogen and oxygen atoms in total. The van der Waals surface area contributed by atoms with Gasteiger partial charge in [0.2, 0.25) is 5.91 Å². The van der Waals surface area contributed by atoms with E-state index in [4.69, 9.17) is 16.3 Å². The maximum Gasteiger partial charge on any atom is 0.274 e. The number of nitrogens with zero attached hydrogens (tertiary/aromatic N) is 4. The van der Waals surface area contributed by atoms with Crippen LogP contribution in [0.4, 0.5) is 0 Å². The predicted octanol–water partition coefficient (Wildman–Crippen LogP) is 4.37. The summed E-state index contributed by atoms with van der Waals surface area (Å²) in [6.07, 6.45) is 2.89. The van der Waals surface area contributed by atoms with E-state index in [2.05, 4.69) is 31.0 Å². The zero-order chi connectivity index (χ0) is 28.0. The van der Waals surface area contributed by atoms with Crippen LogP contribution in [-0.4, -0.2) is 89.0 Å². The van der Waals surface area contributed by atoms with Gasteiger partial charge in [0, 0.05) is 49.9 Å². The van der Waals surface area contributed by atoms with Crippen molar-refractivity contribution in [2.75, 3.05) is 40.3 Å². The summed E-state index contributed by atoms with van der Waals surface area (Å²) >= 11 is 6.19. The van der Waals surface area contributed by atoms with Crippen molar-refractivity contribution < 1.29 is 19.1 Å². The number of benzene rings is 1. The Balaban J connectivity index is 1.80. The summed E-state index contributed by atoms with van der Waals surface area (Å²) in [5, 5.41) is 7.70. The molecular weight excluding hydrogens is 506 g/mol. The fourth-order valence-electron chi connectivity index (χ4n) is 4.29. The maximum atomic E-state index is 13.3. The largest absolute Gasteiger partial charge is 0.493 e. The number of carbonyl (C=O) groups is 3. The van der Waals surface area contributed by atoms with Crippen LogP contribution >= 0.6 is 11.6 Å². The lowest BCUT2D eigenvalue weighted by atomic mass is 9.92. The average Bonchev–Trinajstić information content (AvgIpc) is 3.38. The Hall–Kier alpha value is -3.07. The van der Waals surface area contributed by atoms with E-state index in [1.165, 1.54) is 4.90 Å².